The van der Waals surface area contributed by atoms with E-state index in [0.717, 1.165) is 24.8 Å². The van der Waals surface area contributed by atoms with Crippen LogP contribution in [0.3, 0.4) is 0 Å². The molecule has 0 spiro atoms. The molecule has 5 nitrogen and oxygen atoms in total. The summed E-state index contributed by atoms with van der Waals surface area (Å²) in [4.78, 5) is 14.6. The molecule has 0 aliphatic carbocycles. The Bertz CT molecular complexity index is 487. The van der Waals surface area contributed by atoms with E-state index >= 15 is 0 Å². The number of carboxylic acids is 1. The zero-order chi connectivity index (χ0) is 16.4. The number of nitrogens with zero attached hydrogens (tertiary/aromatic N) is 1. The van der Waals surface area contributed by atoms with Gasteiger partial charge in [-0.05, 0) is 30.0 Å². The van der Waals surface area contributed by atoms with Gasteiger partial charge in [-0.2, -0.15) is 0 Å². The number of aliphatic hydroxyl groups excluding tert-OH is 2. The summed E-state index contributed by atoms with van der Waals surface area (Å²) in [6.45, 7) is 2.16. The Balaban J connectivity index is 2.59. The fourth-order valence-electron chi connectivity index (χ4n) is 2.24. The van der Waals surface area contributed by atoms with Crippen molar-refractivity contribution in [3.05, 3.63) is 35.7 Å². The van der Waals surface area contributed by atoms with Crippen LogP contribution in [0, 0.1) is 0 Å². The zero-order valence-corrected chi connectivity index (χ0v) is 13.0. The number of aromatic nitrogens is 1. The largest absolute Gasteiger partial charge is 0.481 e. The van der Waals surface area contributed by atoms with Gasteiger partial charge in [-0.3, -0.25) is 9.78 Å². The van der Waals surface area contributed by atoms with E-state index in [1.54, 1.807) is 24.5 Å². The maximum Gasteiger partial charge on any atom is 0.305 e. The Kier molecular flexibility index (Phi) is 8.40. The number of carbonyl (C=O) groups is 1. The lowest BCUT2D eigenvalue weighted by atomic mass is 10.0. The summed E-state index contributed by atoms with van der Waals surface area (Å²) in [6, 6.07) is 1.97. The van der Waals surface area contributed by atoms with Crippen molar-refractivity contribution in [1.82, 2.24) is 4.98 Å². The fourth-order valence-corrected chi connectivity index (χ4v) is 2.24. The summed E-state index contributed by atoms with van der Waals surface area (Å²) in [7, 11) is 0. The zero-order valence-electron chi connectivity index (χ0n) is 13.0. The number of hydrogen-bond donors (Lipinski definition) is 3. The summed E-state index contributed by atoms with van der Waals surface area (Å²) in [5.74, 6) is -1.07. The molecule has 2 atom stereocenters. The molecule has 1 aromatic heterocycles. The Labute approximate surface area is 131 Å². The summed E-state index contributed by atoms with van der Waals surface area (Å²) in [5.41, 5.74) is 2.13. The van der Waals surface area contributed by atoms with E-state index in [9.17, 15) is 15.0 Å². The van der Waals surface area contributed by atoms with Gasteiger partial charge in [0.05, 0.1) is 18.6 Å². The predicted octanol–water partition coefficient (Wildman–Crippen LogP) is 2.41. The lowest BCUT2D eigenvalue weighted by Crippen LogP contribution is -2.19. The van der Waals surface area contributed by atoms with Gasteiger partial charge >= 0.3 is 5.97 Å². The first-order chi connectivity index (χ1) is 10.5. The minimum atomic E-state index is -1.07. The number of aryl methyl sites for hydroxylation is 1. The third-order valence-electron chi connectivity index (χ3n) is 3.42. The van der Waals surface area contributed by atoms with Gasteiger partial charge in [0.2, 0.25) is 0 Å². The van der Waals surface area contributed by atoms with Gasteiger partial charge < -0.3 is 15.3 Å². The molecule has 0 saturated carbocycles. The topological polar surface area (TPSA) is 90.7 Å². The van der Waals surface area contributed by atoms with Crippen LogP contribution in [-0.2, 0) is 11.2 Å². The number of aliphatic hydroxyl groups is 2. The molecule has 0 bridgehead atoms. The number of unbranched alkanes of at least 4 members (excludes halogenated alkanes) is 2. The van der Waals surface area contributed by atoms with Gasteiger partial charge in [0, 0.05) is 18.8 Å². The quantitative estimate of drug-likeness (QED) is 0.577. The maximum atomic E-state index is 10.5. The van der Waals surface area contributed by atoms with Crippen molar-refractivity contribution in [2.24, 2.45) is 0 Å². The molecule has 0 radical (unpaired) electrons. The molecule has 2 unspecified atom stereocenters. The molecular formula is C17H25NO4. The first-order valence-corrected chi connectivity index (χ1v) is 7.72. The van der Waals surface area contributed by atoms with Crippen molar-refractivity contribution in [2.45, 2.75) is 57.7 Å². The molecule has 3 N–H and O–H groups in total. The molecule has 1 rings (SSSR count). The van der Waals surface area contributed by atoms with Gasteiger partial charge in [-0.1, -0.05) is 31.9 Å². The van der Waals surface area contributed by atoms with Crippen LogP contribution < -0.4 is 0 Å². The summed E-state index contributed by atoms with van der Waals surface area (Å²) in [6.07, 6.45) is 9.00. The fraction of sp³-hybridized carbons (Fsp3) is 0.529. The van der Waals surface area contributed by atoms with Crippen molar-refractivity contribution in [2.75, 3.05) is 0 Å². The van der Waals surface area contributed by atoms with E-state index in [4.69, 9.17) is 5.11 Å². The molecule has 0 amide bonds. The number of aliphatic carboxylic acids is 1. The SMILES string of the molecule is CCCCCc1ccncc1/C=C/C(O)CC(O)CC(=O)O. The summed E-state index contributed by atoms with van der Waals surface area (Å²) >= 11 is 0. The molecule has 122 valence electrons. The van der Waals surface area contributed by atoms with Crippen LogP contribution in [0.2, 0.25) is 0 Å². The minimum Gasteiger partial charge on any atom is -0.481 e. The van der Waals surface area contributed by atoms with E-state index in [1.165, 1.54) is 12.0 Å². The van der Waals surface area contributed by atoms with E-state index in [1.807, 2.05) is 6.07 Å². The van der Waals surface area contributed by atoms with Crippen molar-refractivity contribution in [3.8, 4) is 0 Å². The first-order valence-electron chi connectivity index (χ1n) is 7.72. The first kappa shape index (κ1) is 18.3. The Morgan fingerprint density at radius 3 is 2.82 bits per heavy atom. The van der Waals surface area contributed by atoms with E-state index in [-0.39, 0.29) is 12.8 Å². The van der Waals surface area contributed by atoms with Crippen molar-refractivity contribution in [3.63, 3.8) is 0 Å². The van der Waals surface area contributed by atoms with Crippen LogP contribution in [0.5, 0.6) is 0 Å². The lowest BCUT2D eigenvalue weighted by Gasteiger charge is -2.11. The molecular weight excluding hydrogens is 282 g/mol. The second-order valence-corrected chi connectivity index (χ2v) is 5.45. The summed E-state index contributed by atoms with van der Waals surface area (Å²) < 4.78 is 0. The number of hydrogen-bond acceptors (Lipinski definition) is 4. The van der Waals surface area contributed by atoms with Crippen LogP contribution in [-0.4, -0.2) is 38.5 Å². The normalized spacial score (nSPS) is 14.1. The van der Waals surface area contributed by atoms with Crippen molar-refractivity contribution < 1.29 is 20.1 Å². The molecule has 0 saturated heterocycles. The molecule has 5 heteroatoms. The van der Waals surface area contributed by atoms with Crippen LogP contribution in [0.15, 0.2) is 24.5 Å². The van der Waals surface area contributed by atoms with Gasteiger partial charge in [0.1, 0.15) is 0 Å². The van der Waals surface area contributed by atoms with Crippen molar-refractivity contribution >= 4 is 12.0 Å². The third kappa shape index (κ3) is 7.33. The third-order valence-corrected chi connectivity index (χ3v) is 3.42. The van der Waals surface area contributed by atoms with Crippen LogP contribution >= 0.6 is 0 Å². The van der Waals surface area contributed by atoms with Gasteiger partial charge in [0.25, 0.3) is 0 Å². The molecule has 0 fully saturated rings. The highest BCUT2D eigenvalue weighted by Crippen LogP contribution is 2.14. The monoisotopic (exact) mass is 307 g/mol. The Morgan fingerprint density at radius 2 is 2.14 bits per heavy atom. The second-order valence-electron chi connectivity index (χ2n) is 5.45. The molecule has 0 aliphatic rings. The van der Waals surface area contributed by atoms with Gasteiger partial charge in [-0.15, -0.1) is 0 Å². The van der Waals surface area contributed by atoms with Crippen molar-refractivity contribution in [1.29, 1.82) is 0 Å². The van der Waals surface area contributed by atoms with E-state index in [2.05, 4.69) is 11.9 Å². The Morgan fingerprint density at radius 1 is 1.36 bits per heavy atom. The van der Waals surface area contributed by atoms with Gasteiger partial charge in [0.15, 0.2) is 0 Å². The van der Waals surface area contributed by atoms with Crippen LogP contribution in [0.25, 0.3) is 6.08 Å². The molecule has 22 heavy (non-hydrogen) atoms. The van der Waals surface area contributed by atoms with Gasteiger partial charge in [-0.25, -0.2) is 0 Å². The standard InChI is InChI=1S/C17H25NO4/c1-2-3-4-5-13-8-9-18-12-14(13)6-7-15(19)10-16(20)11-17(21)22/h6-9,12,15-16,19-20H,2-5,10-11H2,1H3,(H,21,22)/b7-6+. The average Bonchev–Trinajstić information content (AvgIpc) is 2.45. The maximum absolute atomic E-state index is 10.5. The minimum absolute atomic E-state index is 0.00816. The molecule has 1 aromatic rings. The summed E-state index contributed by atoms with van der Waals surface area (Å²) in [5, 5.41) is 27.9. The number of carboxylic acid groups (broad SMARTS) is 1. The van der Waals surface area contributed by atoms with Crippen LogP contribution in [0.4, 0.5) is 0 Å². The van der Waals surface area contributed by atoms with E-state index < -0.39 is 18.2 Å². The Hall–Kier alpha value is -1.72. The molecule has 0 aliphatic heterocycles. The second kappa shape index (κ2) is 10.1. The highest BCUT2D eigenvalue weighted by Gasteiger charge is 2.13. The van der Waals surface area contributed by atoms with E-state index in [0.29, 0.717) is 0 Å². The molecule has 1 heterocycles. The average molecular weight is 307 g/mol. The molecule has 0 aromatic carbocycles. The smallest absolute Gasteiger partial charge is 0.305 e. The highest BCUT2D eigenvalue weighted by molar-refractivity contribution is 5.67. The lowest BCUT2D eigenvalue weighted by molar-refractivity contribution is -0.139. The predicted molar refractivity (Wildman–Crippen MR) is 85.4 cm³/mol. The highest BCUT2D eigenvalue weighted by atomic mass is 16.4. The van der Waals surface area contributed by atoms with Crippen LogP contribution in [0.1, 0.15) is 50.2 Å². The number of rotatable bonds is 10. The number of pyridine rings is 1.